The van der Waals surface area contributed by atoms with Crippen molar-refractivity contribution < 1.29 is 18.0 Å². The Morgan fingerprint density at radius 1 is 1.00 bits per heavy atom. The van der Waals surface area contributed by atoms with Gasteiger partial charge in [-0.15, -0.1) is 0 Å². The molecule has 1 spiro atoms. The second-order valence-electron chi connectivity index (χ2n) is 10.9. The van der Waals surface area contributed by atoms with Crippen LogP contribution in [0.2, 0.25) is 0 Å². The summed E-state index contributed by atoms with van der Waals surface area (Å²) >= 11 is 0. The van der Waals surface area contributed by atoms with Crippen molar-refractivity contribution >= 4 is 23.0 Å². The number of halogens is 3. The molecule has 0 unspecified atom stereocenters. The highest BCUT2D eigenvalue weighted by atomic mass is 19.4. The van der Waals surface area contributed by atoms with Crippen LogP contribution in [0.1, 0.15) is 42.0 Å². The Morgan fingerprint density at radius 3 is 2.45 bits per heavy atom. The smallest absolute Gasteiger partial charge is 0.367 e. The molecule has 1 fully saturated rings. The molecular formula is C31H30F3N3O. The molecule has 38 heavy (non-hydrogen) atoms. The first kappa shape index (κ1) is 24.7. The molecule has 0 aromatic heterocycles. The second kappa shape index (κ2) is 9.00. The summed E-state index contributed by atoms with van der Waals surface area (Å²) in [4.78, 5) is 16.5. The molecule has 7 heteroatoms. The summed E-state index contributed by atoms with van der Waals surface area (Å²) in [5, 5.41) is 6.21. The van der Waals surface area contributed by atoms with Crippen LogP contribution in [0.4, 0.5) is 24.5 Å². The van der Waals surface area contributed by atoms with Crippen LogP contribution in [-0.2, 0) is 23.8 Å². The van der Waals surface area contributed by atoms with Gasteiger partial charge in [-0.2, -0.15) is 23.3 Å². The minimum Gasteiger partial charge on any atom is -0.367 e. The fraction of sp³-hybridized carbons (Fsp3) is 0.355. The minimum absolute atomic E-state index is 0.155. The average molecular weight is 518 g/mol. The fourth-order valence-electron chi connectivity index (χ4n) is 6.61. The van der Waals surface area contributed by atoms with Crippen molar-refractivity contribution in [3.63, 3.8) is 0 Å². The van der Waals surface area contributed by atoms with Crippen molar-refractivity contribution in [1.29, 1.82) is 0 Å². The van der Waals surface area contributed by atoms with Gasteiger partial charge >= 0.3 is 6.18 Å². The van der Waals surface area contributed by atoms with E-state index in [4.69, 9.17) is 5.10 Å². The van der Waals surface area contributed by atoms with Crippen molar-refractivity contribution in [3.8, 4) is 0 Å². The fourth-order valence-corrected chi connectivity index (χ4v) is 6.61. The van der Waals surface area contributed by atoms with Crippen molar-refractivity contribution in [2.75, 3.05) is 16.5 Å². The van der Waals surface area contributed by atoms with E-state index in [2.05, 4.69) is 17.0 Å². The minimum atomic E-state index is -4.45. The molecule has 3 aromatic rings. The lowest BCUT2D eigenvalue weighted by Crippen LogP contribution is -2.62. The number of hydrogen-bond donors (Lipinski definition) is 0. The molecular weight excluding hydrogens is 487 g/mol. The lowest BCUT2D eigenvalue weighted by atomic mass is 9.63. The van der Waals surface area contributed by atoms with Crippen LogP contribution < -0.4 is 9.91 Å². The van der Waals surface area contributed by atoms with Gasteiger partial charge in [-0.05, 0) is 86.9 Å². The van der Waals surface area contributed by atoms with E-state index >= 15 is 0 Å². The number of benzene rings is 3. The van der Waals surface area contributed by atoms with Crippen molar-refractivity contribution in [1.82, 2.24) is 0 Å². The summed E-state index contributed by atoms with van der Waals surface area (Å²) in [5.41, 5.74) is 3.35. The molecule has 4 nitrogen and oxygen atoms in total. The van der Waals surface area contributed by atoms with Crippen molar-refractivity contribution in [2.45, 2.75) is 51.7 Å². The van der Waals surface area contributed by atoms with Gasteiger partial charge in [0, 0.05) is 18.3 Å². The zero-order chi connectivity index (χ0) is 26.7. The SMILES string of the molecule is CC1=NN(c2ccc(C)cc2)C(=O)[C@]12Cc1cc(C(F)(F)F)ccc1N1CC[C@H](Cc3ccccc3)C[C@H]12. The van der Waals surface area contributed by atoms with E-state index in [-0.39, 0.29) is 18.4 Å². The molecule has 0 saturated carbocycles. The van der Waals surface area contributed by atoms with Gasteiger partial charge in [-0.3, -0.25) is 4.79 Å². The number of fused-ring (bicyclic) bond motifs is 4. The number of alkyl halides is 3. The number of nitrogens with zero attached hydrogens (tertiary/aromatic N) is 3. The van der Waals surface area contributed by atoms with Crippen molar-refractivity contribution in [3.05, 3.63) is 95.1 Å². The van der Waals surface area contributed by atoms with E-state index in [0.29, 0.717) is 29.4 Å². The summed E-state index contributed by atoms with van der Waals surface area (Å²) in [7, 11) is 0. The van der Waals surface area contributed by atoms with E-state index < -0.39 is 17.2 Å². The molecule has 3 aliphatic rings. The Labute approximate surface area is 220 Å². The third-order valence-electron chi connectivity index (χ3n) is 8.58. The molecule has 0 N–H and O–H groups in total. The number of anilines is 2. The number of piperidine rings is 1. The topological polar surface area (TPSA) is 35.9 Å². The highest BCUT2D eigenvalue weighted by molar-refractivity contribution is 6.20. The zero-order valence-electron chi connectivity index (χ0n) is 21.5. The van der Waals surface area contributed by atoms with Crippen LogP contribution >= 0.6 is 0 Å². The summed E-state index contributed by atoms with van der Waals surface area (Å²) in [6.07, 6.45) is -1.64. The molecule has 3 aliphatic heterocycles. The Bertz CT molecular complexity index is 1400. The van der Waals surface area contributed by atoms with Gasteiger partial charge in [-0.1, -0.05) is 48.0 Å². The number of hydrazone groups is 1. The van der Waals surface area contributed by atoms with Gasteiger partial charge in [0.1, 0.15) is 5.41 Å². The molecule has 1 saturated heterocycles. The molecule has 0 bridgehead atoms. The summed E-state index contributed by atoms with van der Waals surface area (Å²) in [6.45, 7) is 4.53. The number of carbonyl (C=O) groups is 1. The Kier molecular flexibility index (Phi) is 5.85. The summed E-state index contributed by atoms with van der Waals surface area (Å²) in [5.74, 6) is 0.206. The summed E-state index contributed by atoms with van der Waals surface area (Å²) in [6, 6.07) is 21.8. The van der Waals surface area contributed by atoms with E-state index in [1.807, 2.05) is 56.3 Å². The lowest BCUT2D eigenvalue weighted by Gasteiger charge is -2.52. The Hall–Kier alpha value is -3.61. The van der Waals surface area contributed by atoms with Crippen LogP contribution in [-0.4, -0.2) is 24.2 Å². The first-order chi connectivity index (χ1) is 18.2. The average Bonchev–Trinajstić information content (AvgIpc) is 3.14. The molecule has 196 valence electrons. The highest BCUT2D eigenvalue weighted by Gasteiger charge is 2.60. The zero-order valence-corrected chi connectivity index (χ0v) is 21.5. The maximum absolute atomic E-state index is 14.4. The third-order valence-corrected chi connectivity index (χ3v) is 8.58. The maximum Gasteiger partial charge on any atom is 0.416 e. The number of aryl methyl sites for hydroxylation is 1. The molecule has 3 atom stereocenters. The second-order valence-corrected chi connectivity index (χ2v) is 10.9. The number of hydrogen-bond acceptors (Lipinski definition) is 3. The molecule has 0 radical (unpaired) electrons. The predicted molar refractivity (Wildman–Crippen MR) is 143 cm³/mol. The first-order valence-electron chi connectivity index (χ1n) is 13.1. The Morgan fingerprint density at radius 2 is 1.74 bits per heavy atom. The van der Waals surface area contributed by atoms with Crippen LogP contribution in [0.15, 0.2) is 77.9 Å². The number of amides is 1. The van der Waals surface area contributed by atoms with E-state index in [1.54, 1.807) is 6.07 Å². The molecule has 3 heterocycles. The number of carbonyl (C=O) groups excluding carboxylic acids is 1. The van der Waals surface area contributed by atoms with Gasteiger partial charge in [0.15, 0.2) is 0 Å². The Balaban J connectivity index is 1.43. The largest absolute Gasteiger partial charge is 0.416 e. The standard InChI is InChI=1S/C31H30F3N3O/c1-20-8-11-26(12-9-20)37-29(38)30(21(2)35-37)19-24-18-25(31(32,33)34)10-13-27(24)36-15-14-23(17-28(30)36)16-22-6-4-3-5-7-22/h3-13,18,23,28H,14-17,19H2,1-2H3/t23-,28+,30-/m1/s1. The molecule has 0 aliphatic carbocycles. The van der Waals surface area contributed by atoms with Crippen LogP contribution in [0.5, 0.6) is 0 Å². The van der Waals surface area contributed by atoms with Crippen molar-refractivity contribution in [2.24, 2.45) is 16.4 Å². The van der Waals surface area contributed by atoms with Gasteiger partial charge < -0.3 is 4.90 Å². The third kappa shape index (κ3) is 3.99. The van der Waals surface area contributed by atoms with Gasteiger partial charge in [0.05, 0.1) is 17.0 Å². The van der Waals surface area contributed by atoms with E-state index in [9.17, 15) is 18.0 Å². The molecule has 3 aromatic carbocycles. The number of rotatable bonds is 3. The quantitative estimate of drug-likeness (QED) is 0.383. The van der Waals surface area contributed by atoms with E-state index in [1.165, 1.54) is 22.7 Å². The highest BCUT2D eigenvalue weighted by Crippen LogP contribution is 2.51. The van der Waals surface area contributed by atoms with Crippen LogP contribution in [0.3, 0.4) is 0 Å². The normalized spacial score (nSPS) is 24.9. The molecule has 6 rings (SSSR count). The lowest BCUT2D eigenvalue weighted by molar-refractivity contribution is -0.137. The first-order valence-corrected chi connectivity index (χ1v) is 13.1. The predicted octanol–water partition coefficient (Wildman–Crippen LogP) is 6.81. The van der Waals surface area contributed by atoms with Crippen LogP contribution in [0.25, 0.3) is 0 Å². The van der Waals surface area contributed by atoms with Crippen LogP contribution in [0, 0.1) is 18.3 Å². The maximum atomic E-state index is 14.4. The molecule has 1 amide bonds. The van der Waals surface area contributed by atoms with Gasteiger partial charge in [0.2, 0.25) is 0 Å². The monoisotopic (exact) mass is 517 g/mol. The van der Waals surface area contributed by atoms with Gasteiger partial charge in [0.25, 0.3) is 5.91 Å². The van der Waals surface area contributed by atoms with Gasteiger partial charge in [-0.25, -0.2) is 0 Å². The summed E-state index contributed by atoms with van der Waals surface area (Å²) < 4.78 is 41.0. The van der Waals surface area contributed by atoms with E-state index in [0.717, 1.165) is 30.5 Å².